The van der Waals surface area contributed by atoms with Crippen LogP contribution in [0.1, 0.15) is 30.4 Å². The first-order valence-electron chi connectivity index (χ1n) is 7.44. The highest BCUT2D eigenvalue weighted by Crippen LogP contribution is 2.28. The Morgan fingerprint density at radius 2 is 2.00 bits per heavy atom. The summed E-state index contributed by atoms with van der Waals surface area (Å²) < 4.78 is 0. The predicted octanol–water partition coefficient (Wildman–Crippen LogP) is 1.06. The molecule has 0 aromatic heterocycles. The number of carbonyl (C=O) groups is 1. The zero-order valence-electron chi connectivity index (χ0n) is 11.7. The van der Waals surface area contributed by atoms with Crippen LogP contribution in [0.5, 0.6) is 0 Å². The summed E-state index contributed by atoms with van der Waals surface area (Å²) >= 11 is 0. The van der Waals surface area contributed by atoms with Gasteiger partial charge in [0.15, 0.2) is 0 Å². The number of amides is 1. The van der Waals surface area contributed by atoms with Gasteiger partial charge < -0.3 is 15.7 Å². The van der Waals surface area contributed by atoms with Crippen molar-refractivity contribution < 1.29 is 9.90 Å². The van der Waals surface area contributed by atoms with E-state index in [-0.39, 0.29) is 17.9 Å². The summed E-state index contributed by atoms with van der Waals surface area (Å²) in [7, 11) is 0. The Morgan fingerprint density at radius 3 is 2.75 bits per heavy atom. The minimum Gasteiger partial charge on any atom is -0.391 e. The molecule has 1 saturated carbocycles. The lowest BCUT2D eigenvalue weighted by atomic mass is 9.83. The highest BCUT2D eigenvalue weighted by atomic mass is 16.3. The fourth-order valence-corrected chi connectivity index (χ4v) is 3.34. The third-order valence-electron chi connectivity index (χ3n) is 4.66. The maximum absolute atomic E-state index is 12.6. The highest BCUT2D eigenvalue weighted by Gasteiger charge is 2.34. The van der Waals surface area contributed by atoms with E-state index in [4.69, 9.17) is 5.73 Å². The van der Waals surface area contributed by atoms with Crippen LogP contribution in [0.3, 0.4) is 0 Å². The topological polar surface area (TPSA) is 66.6 Å². The zero-order chi connectivity index (χ0) is 14.1. The summed E-state index contributed by atoms with van der Waals surface area (Å²) in [6, 6.07) is 8.15. The fraction of sp³-hybridized carbons (Fsp3) is 0.562. The predicted molar refractivity (Wildman–Crippen MR) is 76.9 cm³/mol. The summed E-state index contributed by atoms with van der Waals surface area (Å²) in [5, 5.41) is 9.86. The van der Waals surface area contributed by atoms with Crippen LogP contribution in [0.2, 0.25) is 0 Å². The van der Waals surface area contributed by atoms with E-state index in [0.717, 1.165) is 25.8 Å². The maximum Gasteiger partial charge on any atom is 0.226 e. The minimum atomic E-state index is -0.533. The van der Waals surface area contributed by atoms with Crippen molar-refractivity contribution in [2.75, 3.05) is 6.54 Å². The van der Waals surface area contributed by atoms with Gasteiger partial charge in [-0.1, -0.05) is 24.3 Å². The number of carbonyl (C=O) groups excluding carboxylic acids is 1. The molecular formula is C16H22N2O2. The number of hydrogen-bond donors (Lipinski definition) is 2. The minimum absolute atomic E-state index is 0.0601. The van der Waals surface area contributed by atoms with Crippen molar-refractivity contribution in [2.45, 2.75) is 44.4 Å². The van der Waals surface area contributed by atoms with E-state index < -0.39 is 6.10 Å². The molecule has 4 nitrogen and oxygen atoms in total. The van der Waals surface area contributed by atoms with E-state index in [1.807, 2.05) is 11.0 Å². The maximum atomic E-state index is 12.6. The smallest absolute Gasteiger partial charge is 0.226 e. The monoisotopic (exact) mass is 274 g/mol. The lowest BCUT2D eigenvalue weighted by Crippen LogP contribution is -2.46. The SMILES string of the molecule is N[C@@H]1CC[C@H](C(=O)N2CCc3ccccc3C2)C[C@H]1O. The van der Waals surface area contributed by atoms with E-state index in [1.54, 1.807) is 0 Å². The van der Waals surface area contributed by atoms with Gasteiger partial charge in [-0.3, -0.25) is 4.79 Å². The molecule has 4 heteroatoms. The van der Waals surface area contributed by atoms with Crippen LogP contribution in [0, 0.1) is 5.92 Å². The van der Waals surface area contributed by atoms with Crippen molar-refractivity contribution in [1.29, 1.82) is 0 Å². The molecule has 1 aromatic rings. The molecule has 1 heterocycles. The molecule has 0 radical (unpaired) electrons. The van der Waals surface area contributed by atoms with Gasteiger partial charge in [0.05, 0.1) is 6.10 Å². The molecule has 0 bridgehead atoms. The zero-order valence-corrected chi connectivity index (χ0v) is 11.7. The second kappa shape index (κ2) is 5.54. The number of aliphatic hydroxyl groups excluding tert-OH is 1. The third-order valence-corrected chi connectivity index (χ3v) is 4.66. The van der Waals surface area contributed by atoms with E-state index in [0.29, 0.717) is 13.0 Å². The van der Waals surface area contributed by atoms with Gasteiger partial charge in [0.1, 0.15) is 0 Å². The van der Waals surface area contributed by atoms with Gasteiger partial charge in [0, 0.05) is 25.0 Å². The van der Waals surface area contributed by atoms with Crippen molar-refractivity contribution in [1.82, 2.24) is 4.90 Å². The van der Waals surface area contributed by atoms with Crippen LogP contribution in [0.4, 0.5) is 0 Å². The number of aliphatic hydroxyl groups is 1. The number of rotatable bonds is 1. The average molecular weight is 274 g/mol. The summed E-state index contributed by atoms with van der Waals surface area (Å²) in [5.74, 6) is 0.125. The largest absolute Gasteiger partial charge is 0.391 e. The number of hydrogen-bond acceptors (Lipinski definition) is 3. The van der Waals surface area contributed by atoms with Crippen molar-refractivity contribution in [2.24, 2.45) is 11.7 Å². The Morgan fingerprint density at radius 1 is 1.25 bits per heavy atom. The van der Waals surface area contributed by atoms with E-state index in [2.05, 4.69) is 18.2 Å². The fourth-order valence-electron chi connectivity index (χ4n) is 3.34. The van der Waals surface area contributed by atoms with Gasteiger partial charge in [-0.2, -0.15) is 0 Å². The summed E-state index contributed by atoms with van der Waals surface area (Å²) in [6.45, 7) is 1.49. The van der Waals surface area contributed by atoms with Crippen molar-refractivity contribution >= 4 is 5.91 Å². The number of nitrogens with two attached hydrogens (primary N) is 1. The average Bonchev–Trinajstić information content (AvgIpc) is 2.49. The van der Waals surface area contributed by atoms with Gasteiger partial charge >= 0.3 is 0 Å². The van der Waals surface area contributed by atoms with Crippen LogP contribution < -0.4 is 5.73 Å². The van der Waals surface area contributed by atoms with E-state index in [1.165, 1.54) is 11.1 Å². The molecule has 108 valence electrons. The molecule has 3 rings (SSSR count). The molecule has 20 heavy (non-hydrogen) atoms. The molecule has 0 spiro atoms. The number of nitrogens with zero attached hydrogens (tertiary/aromatic N) is 1. The quantitative estimate of drug-likeness (QED) is 0.804. The second-order valence-corrected chi connectivity index (χ2v) is 6.02. The first-order chi connectivity index (χ1) is 9.65. The lowest BCUT2D eigenvalue weighted by molar-refractivity contribution is -0.139. The van der Waals surface area contributed by atoms with Crippen molar-refractivity contribution in [3.63, 3.8) is 0 Å². The molecule has 3 N–H and O–H groups in total. The van der Waals surface area contributed by atoms with Crippen molar-refractivity contribution in [3.8, 4) is 0 Å². The Hall–Kier alpha value is -1.39. The molecule has 1 aliphatic heterocycles. The molecule has 1 aliphatic carbocycles. The van der Waals surface area contributed by atoms with Gasteiger partial charge in [-0.05, 0) is 36.8 Å². The Labute approximate surface area is 119 Å². The first kappa shape index (κ1) is 13.6. The molecule has 1 fully saturated rings. The van der Waals surface area contributed by atoms with Gasteiger partial charge in [0.2, 0.25) is 5.91 Å². The third kappa shape index (κ3) is 2.58. The molecule has 1 amide bonds. The molecule has 1 aromatic carbocycles. The first-order valence-corrected chi connectivity index (χ1v) is 7.44. The van der Waals surface area contributed by atoms with E-state index >= 15 is 0 Å². The van der Waals surface area contributed by atoms with Crippen LogP contribution >= 0.6 is 0 Å². The molecule has 3 atom stereocenters. The summed E-state index contributed by atoms with van der Waals surface area (Å²) in [5.41, 5.74) is 8.41. The van der Waals surface area contributed by atoms with Gasteiger partial charge in [-0.25, -0.2) is 0 Å². The van der Waals surface area contributed by atoms with Crippen LogP contribution in [0.15, 0.2) is 24.3 Å². The molecule has 0 saturated heterocycles. The summed E-state index contributed by atoms with van der Waals surface area (Å²) in [6.07, 6.45) is 2.45. The van der Waals surface area contributed by atoms with Crippen LogP contribution in [-0.4, -0.2) is 34.6 Å². The second-order valence-electron chi connectivity index (χ2n) is 6.02. The molecule has 0 unspecified atom stereocenters. The highest BCUT2D eigenvalue weighted by molar-refractivity contribution is 5.79. The Bertz CT molecular complexity index is 503. The van der Waals surface area contributed by atoms with E-state index in [9.17, 15) is 9.90 Å². The molecular weight excluding hydrogens is 252 g/mol. The lowest BCUT2D eigenvalue weighted by Gasteiger charge is -2.35. The normalized spacial score (nSPS) is 29.9. The Kier molecular flexibility index (Phi) is 3.76. The van der Waals surface area contributed by atoms with Gasteiger partial charge in [-0.15, -0.1) is 0 Å². The molecule has 2 aliphatic rings. The van der Waals surface area contributed by atoms with Gasteiger partial charge in [0.25, 0.3) is 0 Å². The van der Waals surface area contributed by atoms with Crippen molar-refractivity contribution in [3.05, 3.63) is 35.4 Å². The van der Waals surface area contributed by atoms with Crippen LogP contribution in [0.25, 0.3) is 0 Å². The summed E-state index contributed by atoms with van der Waals surface area (Å²) in [4.78, 5) is 14.5. The van der Waals surface area contributed by atoms with Crippen LogP contribution in [-0.2, 0) is 17.8 Å². The Balaban J connectivity index is 1.67. The number of benzene rings is 1. The standard InChI is InChI=1S/C16H22N2O2/c17-14-6-5-12(9-15(14)19)16(20)18-8-7-11-3-1-2-4-13(11)10-18/h1-4,12,14-15,19H,5-10,17H2/t12-,14+,15+/m0/s1. The number of fused-ring (bicyclic) bond motifs is 1.